The molecule has 0 bridgehead atoms. The van der Waals surface area contributed by atoms with Crippen molar-refractivity contribution in [1.82, 2.24) is 4.98 Å². The molecule has 0 amide bonds. The third-order valence-electron chi connectivity index (χ3n) is 3.75. The van der Waals surface area contributed by atoms with Crippen molar-refractivity contribution in [1.29, 1.82) is 0 Å². The third-order valence-corrected chi connectivity index (χ3v) is 3.75. The van der Waals surface area contributed by atoms with Gasteiger partial charge < -0.3 is 15.4 Å². The first kappa shape index (κ1) is 15.6. The van der Waals surface area contributed by atoms with E-state index in [4.69, 9.17) is 10.5 Å². The number of unbranched alkanes of at least 4 members (excludes halogenated alkanes) is 3. The molecule has 2 N–H and O–H groups in total. The molecule has 0 unspecified atom stereocenters. The highest BCUT2D eigenvalue weighted by Crippen LogP contribution is 2.30. The number of pyridine rings is 1. The highest BCUT2D eigenvalue weighted by molar-refractivity contribution is 5.92. The molecular formula is C17H25N3O. The Morgan fingerprint density at radius 1 is 1.19 bits per heavy atom. The molecule has 2 aromatic rings. The smallest absolute Gasteiger partial charge is 0.121 e. The summed E-state index contributed by atoms with van der Waals surface area (Å²) in [7, 11) is 3.82. The van der Waals surface area contributed by atoms with E-state index in [9.17, 15) is 0 Å². The van der Waals surface area contributed by atoms with Crippen molar-refractivity contribution >= 4 is 16.6 Å². The Bertz CT molecular complexity index is 571. The Hall–Kier alpha value is -1.81. The van der Waals surface area contributed by atoms with Crippen LogP contribution in [-0.4, -0.2) is 32.2 Å². The molecule has 0 saturated carbocycles. The lowest BCUT2D eigenvalue weighted by Crippen LogP contribution is -2.19. The number of hydrogen-bond donors (Lipinski definition) is 1. The predicted octanol–water partition coefficient (Wildman–Crippen LogP) is 3.20. The summed E-state index contributed by atoms with van der Waals surface area (Å²) in [5.74, 6) is 0.875. The van der Waals surface area contributed by atoms with E-state index in [1.54, 1.807) is 7.11 Å². The zero-order valence-electron chi connectivity index (χ0n) is 13.0. The van der Waals surface area contributed by atoms with Crippen molar-refractivity contribution < 1.29 is 4.74 Å². The van der Waals surface area contributed by atoms with Gasteiger partial charge in [-0.1, -0.05) is 18.9 Å². The summed E-state index contributed by atoms with van der Waals surface area (Å²) in [5.41, 5.74) is 7.68. The molecule has 1 aromatic carbocycles. The van der Waals surface area contributed by atoms with Crippen LogP contribution in [-0.2, 0) is 0 Å². The van der Waals surface area contributed by atoms with Gasteiger partial charge in [0.25, 0.3) is 0 Å². The molecule has 0 aliphatic heterocycles. The van der Waals surface area contributed by atoms with Crippen LogP contribution in [0.2, 0.25) is 0 Å². The van der Waals surface area contributed by atoms with E-state index in [0.717, 1.165) is 41.9 Å². The lowest BCUT2D eigenvalue weighted by Gasteiger charge is -2.21. The van der Waals surface area contributed by atoms with Crippen molar-refractivity contribution in [3.63, 3.8) is 0 Å². The van der Waals surface area contributed by atoms with Crippen LogP contribution in [0.3, 0.4) is 0 Å². The number of ether oxygens (including phenoxy) is 1. The highest BCUT2D eigenvalue weighted by atomic mass is 16.5. The lowest BCUT2D eigenvalue weighted by molar-refractivity contribution is 0.415. The van der Waals surface area contributed by atoms with Crippen LogP contribution >= 0.6 is 0 Å². The van der Waals surface area contributed by atoms with Gasteiger partial charge in [-0.2, -0.15) is 0 Å². The van der Waals surface area contributed by atoms with Gasteiger partial charge in [0.2, 0.25) is 0 Å². The second-order valence-electron chi connectivity index (χ2n) is 5.35. The number of hydrogen-bond acceptors (Lipinski definition) is 4. The minimum Gasteiger partial charge on any atom is -0.497 e. The Kier molecular flexibility index (Phi) is 5.81. The molecule has 0 aliphatic carbocycles. The average Bonchev–Trinajstić information content (AvgIpc) is 2.53. The molecule has 114 valence electrons. The van der Waals surface area contributed by atoms with Gasteiger partial charge in [-0.25, -0.2) is 0 Å². The summed E-state index contributed by atoms with van der Waals surface area (Å²) < 4.78 is 5.40. The molecule has 4 heteroatoms. The second-order valence-corrected chi connectivity index (χ2v) is 5.35. The summed E-state index contributed by atoms with van der Waals surface area (Å²) in [5, 5.41) is 1.11. The van der Waals surface area contributed by atoms with E-state index in [0.29, 0.717) is 0 Å². The van der Waals surface area contributed by atoms with Gasteiger partial charge in [0.1, 0.15) is 5.75 Å². The van der Waals surface area contributed by atoms with Crippen LogP contribution in [0.4, 0.5) is 5.69 Å². The maximum Gasteiger partial charge on any atom is 0.121 e. The Labute approximate surface area is 126 Å². The number of fused-ring (bicyclic) bond motifs is 1. The van der Waals surface area contributed by atoms with E-state index in [2.05, 4.69) is 29.1 Å². The molecule has 4 nitrogen and oxygen atoms in total. The zero-order chi connectivity index (χ0) is 15.1. The number of rotatable bonds is 8. The molecule has 0 atom stereocenters. The number of methoxy groups -OCH3 is 1. The minimum absolute atomic E-state index is 0.792. The molecule has 0 radical (unpaired) electrons. The van der Waals surface area contributed by atoms with Gasteiger partial charge in [-0.15, -0.1) is 0 Å². The Morgan fingerprint density at radius 2 is 2.00 bits per heavy atom. The maximum atomic E-state index is 5.52. The summed E-state index contributed by atoms with van der Waals surface area (Å²) in [4.78, 5) is 6.79. The monoisotopic (exact) mass is 287 g/mol. The zero-order valence-corrected chi connectivity index (χ0v) is 13.0. The van der Waals surface area contributed by atoms with Gasteiger partial charge >= 0.3 is 0 Å². The summed E-state index contributed by atoms with van der Waals surface area (Å²) in [6, 6.07) is 8.12. The van der Waals surface area contributed by atoms with Crippen molar-refractivity contribution in [2.45, 2.75) is 25.7 Å². The van der Waals surface area contributed by atoms with Gasteiger partial charge in [0.15, 0.2) is 0 Å². The standard InChI is InChI=1S/C17H25N3O/c1-20(11-6-4-3-5-9-18)16-13-15(21-2)12-14-8-7-10-19-17(14)16/h7-8,10,12-13H,3-6,9,11,18H2,1-2H3. The van der Waals surface area contributed by atoms with Crippen molar-refractivity contribution in [2.24, 2.45) is 5.73 Å². The highest BCUT2D eigenvalue weighted by Gasteiger charge is 2.09. The number of anilines is 1. The van der Waals surface area contributed by atoms with Crippen LogP contribution in [0.1, 0.15) is 25.7 Å². The fraction of sp³-hybridized carbons (Fsp3) is 0.471. The Balaban J connectivity index is 2.12. The fourth-order valence-electron chi connectivity index (χ4n) is 2.52. The molecule has 2 rings (SSSR count). The molecule has 1 heterocycles. The predicted molar refractivity (Wildman–Crippen MR) is 89.1 cm³/mol. The number of nitrogens with zero attached hydrogens (tertiary/aromatic N) is 2. The molecule has 0 saturated heterocycles. The second kappa shape index (κ2) is 7.84. The van der Waals surface area contributed by atoms with Gasteiger partial charge in [-0.3, -0.25) is 4.98 Å². The first-order valence-electron chi connectivity index (χ1n) is 7.60. The third kappa shape index (κ3) is 4.08. The molecule has 21 heavy (non-hydrogen) atoms. The van der Waals surface area contributed by atoms with E-state index in [1.165, 1.54) is 19.3 Å². The quantitative estimate of drug-likeness (QED) is 0.758. The summed E-state index contributed by atoms with van der Waals surface area (Å²) in [6.07, 6.45) is 6.56. The van der Waals surface area contributed by atoms with Crippen LogP contribution in [0.15, 0.2) is 30.5 Å². The Morgan fingerprint density at radius 3 is 2.76 bits per heavy atom. The topological polar surface area (TPSA) is 51.4 Å². The molecule has 0 spiro atoms. The normalized spacial score (nSPS) is 10.8. The molecular weight excluding hydrogens is 262 g/mol. The van der Waals surface area contributed by atoms with Gasteiger partial charge in [0, 0.05) is 31.2 Å². The van der Waals surface area contributed by atoms with Crippen molar-refractivity contribution in [2.75, 3.05) is 32.1 Å². The molecule has 1 aromatic heterocycles. The van der Waals surface area contributed by atoms with E-state index in [-0.39, 0.29) is 0 Å². The first-order valence-corrected chi connectivity index (χ1v) is 7.60. The minimum atomic E-state index is 0.792. The fourth-order valence-corrected chi connectivity index (χ4v) is 2.52. The average molecular weight is 287 g/mol. The van der Waals surface area contributed by atoms with Crippen LogP contribution in [0, 0.1) is 0 Å². The first-order chi connectivity index (χ1) is 10.3. The number of benzene rings is 1. The SMILES string of the molecule is COc1cc(N(C)CCCCCCN)c2ncccc2c1. The van der Waals surface area contributed by atoms with Crippen LogP contribution in [0.5, 0.6) is 5.75 Å². The maximum absolute atomic E-state index is 5.52. The van der Waals surface area contributed by atoms with E-state index < -0.39 is 0 Å². The molecule has 0 fully saturated rings. The van der Waals surface area contributed by atoms with E-state index >= 15 is 0 Å². The lowest BCUT2D eigenvalue weighted by atomic mass is 10.1. The summed E-state index contributed by atoms with van der Waals surface area (Å²) in [6.45, 7) is 1.81. The number of aromatic nitrogens is 1. The molecule has 0 aliphatic rings. The largest absolute Gasteiger partial charge is 0.497 e. The van der Waals surface area contributed by atoms with Gasteiger partial charge in [0.05, 0.1) is 18.3 Å². The summed E-state index contributed by atoms with van der Waals surface area (Å²) >= 11 is 0. The van der Waals surface area contributed by atoms with Crippen molar-refractivity contribution in [3.8, 4) is 5.75 Å². The van der Waals surface area contributed by atoms with Crippen molar-refractivity contribution in [3.05, 3.63) is 30.5 Å². The number of nitrogens with two attached hydrogens (primary N) is 1. The van der Waals surface area contributed by atoms with Crippen LogP contribution < -0.4 is 15.4 Å². The van der Waals surface area contributed by atoms with Crippen LogP contribution in [0.25, 0.3) is 10.9 Å². The van der Waals surface area contributed by atoms with E-state index in [1.807, 2.05) is 18.3 Å². The van der Waals surface area contributed by atoms with Gasteiger partial charge in [-0.05, 0) is 31.5 Å².